The second-order valence-electron chi connectivity index (χ2n) is 2.69. The third-order valence-corrected chi connectivity index (χ3v) is 1.44. The van der Waals surface area contributed by atoms with Crippen molar-refractivity contribution < 1.29 is 5.11 Å². The molecule has 0 spiro atoms. The number of allylic oxidation sites excluding steroid dienone is 3. The average molecular weight is 166 g/mol. The Labute approximate surface area is 75.1 Å². The Kier molecular flexibility index (Phi) is 7.71. The minimum absolute atomic E-state index is 0.381. The van der Waals surface area contributed by atoms with E-state index in [1.54, 1.807) is 12.2 Å². The highest BCUT2D eigenvalue weighted by atomic mass is 16.3. The van der Waals surface area contributed by atoms with Crippen LogP contribution >= 0.6 is 0 Å². The molecule has 0 aliphatic carbocycles. The van der Waals surface area contributed by atoms with Crippen LogP contribution in [0.25, 0.3) is 0 Å². The van der Waals surface area contributed by atoms with Crippen LogP contribution < -0.4 is 0 Å². The molecule has 0 aromatic carbocycles. The van der Waals surface area contributed by atoms with Crippen molar-refractivity contribution in [1.82, 2.24) is 0 Å². The average Bonchev–Trinajstić information content (AvgIpc) is 2.05. The second kappa shape index (κ2) is 8.28. The Balaban J connectivity index is 3.52. The zero-order valence-electron chi connectivity index (χ0n) is 7.74. The van der Waals surface area contributed by atoms with Crippen LogP contribution in [0.3, 0.4) is 0 Å². The van der Waals surface area contributed by atoms with E-state index in [0.29, 0.717) is 6.42 Å². The molecule has 0 saturated carbocycles. The van der Waals surface area contributed by atoms with E-state index in [1.165, 1.54) is 6.42 Å². The van der Waals surface area contributed by atoms with Crippen molar-refractivity contribution in [2.45, 2.75) is 32.3 Å². The van der Waals surface area contributed by atoms with Crippen molar-refractivity contribution in [1.29, 1.82) is 0 Å². The van der Waals surface area contributed by atoms with E-state index in [1.807, 2.05) is 12.2 Å². The Morgan fingerprint density at radius 1 is 1.42 bits per heavy atom. The molecule has 0 aromatic rings. The molecule has 0 aromatic heterocycles. The quantitative estimate of drug-likeness (QED) is 0.475. The maximum Gasteiger partial charge on any atom is 0.0758 e. The van der Waals surface area contributed by atoms with Crippen LogP contribution in [0.4, 0.5) is 0 Å². The van der Waals surface area contributed by atoms with Crippen LogP contribution in [0, 0.1) is 0 Å². The largest absolute Gasteiger partial charge is 0.389 e. The number of unbranched alkanes of at least 4 members (excludes halogenated alkanes) is 1. The van der Waals surface area contributed by atoms with E-state index in [0.717, 1.165) is 6.42 Å². The summed E-state index contributed by atoms with van der Waals surface area (Å²) in [5, 5.41) is 9.21. The number of aliphatic hydroxyl groups excluding tert-OH is 1. The molecule has 0 saturated heterocycles. The summed E-state index contributed by atoms with van der Waals surface area (Å²) in [6.45, 7) is 5.69. The van der Waals surface area contributed by atoms with Crippen LogP contribution in [0.2, 0.25) is 0 Å². The summed E-state index contributed by atoms with van der Waals surface area (Å²) in [7, 11) is 0. The lowest BCUT2D eigenvalue weighted by Gasteiger charge is -1.97. The molecule has 12 heavy (non-hydrogen) atoms. The van der Waals surface area contributed by atoms with Gasteiger partial charge in [0, 0.05) is 0 Å². The summed E-state index contributed by atoms with van der Waals surface area (Å²) in [6.07, 6.45) is 11.9. The molecule has 0 bridgehead atoms. The Bertz CT molecular complexity index is 156. The highest BCUT2D eigenvalue weighted by Crippen LogP contribution is 1.95. The molecule has 1 nitrogen and oxygen atoms in total. The maximum atomic E-state index is 9.21. The van der Waals surface area contributed by atoms with Gasteiger partial charge in [-0.15, -0.1) is 6.58 Å². The van der Waals surface area contributed by atoms with Gasteiger partial charge < -0.3 is 5.11 Å². The smallest absolute Gasteiger partial charge is 0.0758 e. The van der Waals surface area contributed by atoms with Crippen molar-refractivity contribution in [2.75, 3.05) is 0 Å². The topological polar surface area (TPSA) is 20.2 Å². The summed E-state index contributed by atoms with van der Waals surface area (Å²) in [5.74, 6) is 0. The summed E-state index contributed by atoms with van der Waals surface area (Å²) in [5.41, 5.74) is 0. The van der Waals surface area contributed by atoms with Gasteiger partial charge in [-0.05, 0) is 12.8 Å². The normalized spacial score (nSPS) is 14.2. The van der Waals surface area contributed by atoms with E-state index >= 15 is 0 Å². The minimum Gasteiger partial charge on any atom is -0.389 e. The zero-order valence-corrected chi connectivity index (χ0v) is 7.74. The first-order valence-electron chi connectivity index (χ1n) is 4.43. The van der Waals surface area contributed by atoms with Gasteiger partial charge >= 0.3 is 0 Å². The lowest BCUT2D eigenvalue weighted by atomic mass is 10.2. The van der Waals surface area contributed by atoms with E-state index in [9.17, 15) is 5.11 Å². The van der Waals surface area contributed by atoms with Crippen molar-refractivity contribution >= 4 is 0 Å². The van der Waals surface area contributed by atoms with Gasteiger partial charge in [0.05, 0.1) is 6.10 Å². The van der Waals surface area contributed by atoms with Gasteiger partial charge in [0.15, 0.2) is 0 Å². The maximum absolute atomic E-state index is 9.21. The van der Waals surface area contributed by atoms with Crippen LogP contribution in [-0.2, 0) is 0 Å². The molecule has 0 amide bonds. The minimum atomic E-state index is -0.381. The first-order chi connectivity index (χ1) is 5.81. The van der Waals surface area contributed by atoms with Crippen molar-refractivity contribution in [3.8, 4) is 0 Å². The molecular weight excluding hydrogens is 148 g/mol. The van der Waals surface area contributed by atoms with E-state index in [-0.39, 0.29) is 6.10 Å². The summed E-state index contributed by atoms with van der Waals surface area (Å²) < 4.78 is 0. The Morgan fingerprint density at radius 3 is 2.75 bits per heavy atom. The standard InChI is InChI=1S/C11H18O/c1-3-5-6-7-8-10-11(12)9-4-2/h4,6-8,10-12H,2-3,5,9H2,1H3. The number of aliphatic hydroxyl groups is 1. The summed E-state index contributed by atoms with van der Waals surface area (Å²) in [4.78, 5) is 0. The fourth-order valence-corrected chi connectivity index (χ4v) is 0.783. The molecule has 1 unspecified atom stereocenters. The predicted octanol–water partition coefficient (Wildman–Crippen LogP) is 2.84. The van der Waals surface area contributed by atoms with Crippen LogP contribution in [0.5, 0.6) is 0 Å². The molecule has 68 valence electrons. The molecular formula is C11H18O. The molecule has 1 heteroatoms. The van der Waals surface area contributed by atoms with Gasteiger partial charge in [-0.1, -0.05) is 43.7 Å². The molecule has 0 fully saturated rings. The van der Waals surface area contributed by atoms with Gasteiger partial charge in [0.1, 0.15) is 0 Å². The lowest BCUT2D eigenvalue weighted by Crippen LogP contribution is -1.98. The van der Waals surface area contributed by atoms with Crippen molar-refractivity contribution in [2.24, 2.45) is 0 Å². The fourth-order valence-electron chi connectivity index (χ4n) is 0.783. The number of hydrogen-bond acceptors (Lipinski definition) is 1. The SMILES string of the molecule is C=CCC(O)C=CC=CCCC. The Morgan fingerprint density at radius 2 is 2.17 bits per heavy atom. The van der Waals surface area contributed by atoms with E-state index in [2.05, 4.69) is 19.6 Å². The highest BCUT2D eigenvalue weighted by Gasteiger charge is 1.90. The van der Waals surface area contributed by atoms with E-state index in [4.69, 9.17) is 0 Å². The van der Waals surface area contributed by atoms with Gasteiger partial charge in [-0.2, -0.15) is 0 Å². The third kappa shape index (κ3) is 7.29. The van der Waals surface area contributed by atoms with Gasteiger partial charge in [0.2, 0.25) is 0 Å². The van der Waals surface area contributed by atoms with Crippen LogP contribution in [0.1, 0.15) is 26.2 Å². The molecule has 0 aliphatic rings. The predicted molar refractivity (Wildman–Crippen MR) is 54.0 cm³/mol. The highest BCUT2D eigenvalue weighted by molar-refractivity contribution is 5.05. The van der Waals surface area contributed by atoms with Crippen molar-refractivity contribution in [3.63, 3.8) is 0 Å². The summed E-state index contributed by atoms with van der Waals surface area (Å²) in [6, 6.07) is 0. The molecule has 0 aliphatic heterocycles. The van der Waals surface area contributed by atoms with Gasteiger partial charge in [0.25, 0.3) is 0 Å². The Hall–Kier alpha value is -0.820. The van der Waals surface area contributed by atoms with Gasteiger partial charge in [-0.25, -0.2) is 0 Å². The fraction of sp³-hybridized carbons (Fsp3) is 0.455. The summed E-state index contributed by atoms with van der Waals surface area (Å²) >= 11 is 0. The number of hydrogen-bond donors (Lipinski definition) is 1. The molecule has 0 radical (unpaired) electrons. The lowest BCUT2D eigenvalue weighted by molar-refractivity contribution is 0.227. The van der Waals surface area contributed by atoms with Crippen LogP contribution in [0.15, 0.2) is 37.0 Å². The first-order valence-corrected chi connectivity index (χ1v) is 4.43. The van der Waals surface area contributed by atoms with Crippen molar-refractivity contribution in [3.05, 3.63) is 37.0 Å². The molecule has 0 heterocycles. The molecule has 1 N–H and O–H groups in total. The van der Waals surface area contributed by atoms with Gasteiger partial charge in [-0.3, -0.25) is 0 Å². The monoisotopic (exact) mass is 166 g/mol. The molecule has 1 atom stereocenters. The third-order valence-electron chi connectivity index (χ3n) is 1.44. The first kappa shape index (κ1) is 11.2. The molecule has 0 rings (SSSR count). The zero-order chi connectivity index (χ0) is 9.23. The number of rotatable bonds is 6. The van der Waals surface area contributed by atoms with E-state index < -0.39 is 0 Å². The van der Waals surface area contributed by atoms with Crippen LogP contribution in [-0.4, -0.2) is 11.2 Å². The second-order valence-corrected chi connectivity index (χ2v) is 2.69.